The largest absolute Gasteiger partial charge is 0.254 e. The molecule has 0 atom stereocenters. The fraction of sp³-hybridized carbons (Fsp3) is 0. The van der Waals surface area contributed by atoms with Crippen molar-refractivity contribution in [2.45, 2.75) is 0 Å². The van der Waals surface area contributed by atoms with E-state index in [4.69, 9.17) is 49.8 Å². The van der Waals surface area contributed by atoms with Crippen molar-refractivity contribution in [2.24, 2.45) is 0 Å². The summed E-state index contributed by atoms with van der Waals surface area (Å²) in [5, 5.41) is 10.4. The van der Waals surface area contributed by atoms with Crippen LogP contribution < -0.4 is 0 Å². The van der Waals surface area contributed by atoms with Gasteiger partial charge in [0.15, 0.2) is 34.9 Å². The van der Waals surface area contributed by atoms with E-state index in [1.54, 1.807) is 12.4 Å². The van der Waals surface area contributed by atoms with E-state index < -0.39 is 0 Å². The van der Waals surface area contributed by atoms with Gasteiger partial charge in [0.2, 0.25) is 0 Å². The molecule has 0 bridgehead atoms. The van der Waals surface area contributed by atoms with Crippen LogP contribution in [0, 0.1) is 0 Å². The highest BCUT2D eigenvalue weighted by Gasteiger charge is 2.19. The molecule has 5 heterocycles. The Balaban J connectivity index is 0.699. The fourth-order valence-corrected chi connectivity index (χ4v) is 11.6. The highest BCUT2D eigenvalue weighted by atomic mass is 15.1. The maximum Gasteiger partial charge on any atom is 0.184 e. The summed E-state index contributed by atoms with van der Waals surface area (Å²) in [6.07, 6.45) is 5.36. The SMILES string of the molecule is c1ccc(-c2nc(-c3ccc(-c4cccc(-c5nc(-c6ccccc6)nc(-c6cnc(-c7ccc(-c8c9ccccc9cc9ccccc89)cn7)cn6)n5)c4)cc3)nc(-c3ccc4nc(-c5c6ccccc6cc6ccccc56)ccc4c3)n2)cc1. The molecule has 0 aliphatic heterocycles. The third kappa shape index (κ3) is 9.29. The first kappa shape index (κ1) is 49.9. The van der Waals surface area contributed by atoms with E-state index in [0.29, 0.717) is 52.0 Å². The monoisotopic (exact) mass is 1100 g/mol. The average molecular weight is 1100 g/mol. The molecule has 400 valence electrons. The quantitative estimate of drug-likeness (QED) is 0.122. The Hall–Kier alpha value is -11.9. The summed E-state index contributed by atoms with van der Waals surface area (Å²) in [5.74, 6) is 3.15. The van der Waals surface area contributed by atoms with Crippen molar-refractivity contribution in [1.29, 1.82) is 0 Å². The Morgan fingerprint density at radius 2 is 0.593 bits per heavy atom. The molecular weight excluding hydrogens is 1050 g/mol. The topological polar surface area (TPSA) is 129 Å². The Morgan fingerprint density at radius 3 is 1.14 bits per heavy atom. The van der Waals surface area contributed by atoms with Crippen LogP contribution in [0.15, 0.2) is 279 Å². The molecule has 0 aliphatic rings. The second-order valence-electron chi connectivity index (χ2n) is 21.2. The van der Waals surface area contributed by atoms with Crippen molar-refractivity contribution in [3.05, 3.63) is 279 Å². The second kappa shape index (κ2) is 21.1. The number of hydrogen-bond acceptors (Lipinski definition) is 10. The lowest BCUT2D eigenvalue weighted by Crippen LogP contribution is -2.02. The zero-order chi connectivity index (χ0) is 56.9. The van der Waals surface area contributed by atoms with Gasteiger partial charge in [-0.3, -0.25) is 9.97 Å². The molecule has 0 saturated carbocycles. The smallest absolute Gasteiger partial charge is 0.184 e. The summed E-state index contributed by atoms with van der Waals surface area (Å²) in [6, 6.07) is 89.6. The number of aromatic nitrogens is 10. The normalized spacial score (nSPS) is 11.5. The fourth-order valence-electron chi connectivity index (χ4n) is 11.6. The van der Waals surface area contributed by atoms with Crippen LogP contribution in [0.25, 0.3) is 167 Å². The Bertz CT molecular complexity index is 5160. The first-order chi connectivity index (χ1) is 42.6. The standard InChI is InChI=1S/C76H46N10/c1-3-16-48(17-4-1)71-81-73(84-75(82-71)58-35-37-64-56(43-58)34-39-66(80-64)70-62-28-13-9-22-54(62)42-55-23-10-14-29-63(55)70)50-32-30-47(31-33-50)51-24-15-25-57(40-51)74-83-72(49-18-5-2-6-19-49)85-76(86-74)68-46-78-67(45-79-68)65-38-36-59(44-77-65)69-60-26-11-7-20-52(60)41-53-21-8-12-27-61(53)69/h1-46H. The molecule has 0 radical (unpaired) electrons. The van der Waals surface area contributed by atoms with Gasteiger partial charge in [-0.2, -0.15) is 0 Å². The first-order valence-electron chi connectivity index (χ1n) is 28.4. The maximum atomic E-state index is 5.26. The number of pyridine rings is 2. The van der Waals surface area contributed by atoms with Crippen molar-refractivity contribution in [1.82, 2.24) is 49.8 Å². The van der Waals surface area contributed by atoms with Gasteiger partial charge < -0.3 is 0 Å². The molecule has 10 heteroatoms. The van der Waals surface area contributed by atoms with E-state index >= 15 is 0 Å². The Kier molecular flexibility index (Phi) is 12.3. The highest BCUT2D eigenvalue weighted by Crippen LogP contribution is 2.39. The zero-order valence-corrected chi connectivity index (χ0v) is 46.0. The predicted molar refractivity (Wildman–Crippen MR) is 346 cm³/mol. The lowest BCUT2D eigenvalue weighted by molar-refractivity contribution is 1.05. The van der Waals surface area contributed by atoms with E-state index in [1.165, 1.54) is 43.1 Å². The Morgan fingerprint density at radius 1 is 0.186 bits per heavy atom. The summed E-state index contributed by atoms with van der Waals surface area (Å²) in [7, 11) is 0. The van der Waals surface area contributed by atoms with Crippen molar-refractivity contribution in [2.75, 3.05) is 0 Å². The lowest BCUT2D eigenvalue weighted by Gasteiger charge is -2.13. The van der Waals surface area contributed by atoms with Crippen molar-refractivity contribution < 1.29 is 0 Å². The van der Waals surface area contributed by atoms with E-state index in [1.807, 2.05) is 85.1 Å². The van der Waals surface area contributed by atoms with Gasteiger partial charge in [0.05, 0.1) is 29.3 Å². The van der Waals surface area contributed by atoms with Crippen LogP contribution in [0.3, 0.4) is 0 Å². The maximum absolute atomic E-state index is 5.26. The average Bonchev–Trinajstić information content (AvgIpc) is 2.69. The van der Waals surface area contributed by atoms with Crippen LogP contribution in [-0.4, -0.2) is 49.8 Å². The summed E-state index contributed by atoms with van der Waals surface area (Å²) in [4.78, 5) is 50.2. The van der Waals surface area contributed by atoms with E-state index in [0.717, 1.165) is 72.2 Å². The molecule has 5 aromatic heterocycles. The summed E-state index contributed by atoms with van der Waals surface area (Å²) >= 11 is 0. The zero-order valence-electron chi connectivity index (χ0n) is 46.0. The number of hydrogen-bond donors (Lipinski definition) is 0. The third-order valence-corrected chi connectivity index (χ3v) is 15.9. The minimum absolute atomic E-state index is 0.403. The first-order valence-corrected chi connectivity index (χ1v) is 28.4. The van der Waals surface area contributed by atoms with E-state index in [-0.39, 0.29) is 0 Å². The lowest BCUT2D eigenvalue weighted by atomic mass is 9.93. The molecule has 16 rings (SSSR count). The Labute approximate surface area is 494 Å². The van der Waals surface area contributed by atoms with Crippen molar-refractivity contribution in [3.8, 4) is 113 Å². The summed E-state index contributed by atoms with van der Waals surface area (Å²) in [6.45, 7) is 0. The molecule has 86 heavy (non-hydrogen) atoms. The molecule has 11 aromatic carbocycles. The number of rotatable bonds is 10. The highest BCUT2D eigenvalue weighted by molar-refractivity contribution is 6.14. The van der Waals surface area contributed by atoms with Crippen LogP contribution >= 0.6 is 0 Å². The van der Waals surface area contributed by atoms with E-state index in [9.17, 15) is 0 Å². The second-order valence-corrected chi connectivity index (χ2v) is 21.2. The minimum Gasteiger partial charge on any atom is -0.254 e. The van der Waals surface area contributed by atoms with Gasteiger partial charge in [0.1, 0.15) is 11.4 Å². The molecule has 16 aromatic rings. The van der Waals surface area contributed by atoms with Gasteiger partial charge in [-0.15, -0.1) is 0 Å². The van der Waals surface area contributed by atoms with Gasteiger partial charge in [-0.25, -0.2) is 39.9 Å². The van der Waals surface area contributed by atoms with E-state index in [2.05, 4.69) is 182 Å². The van der Waals surface area contributed by atoms with Gasteiger partial charge in [-0.1, -0.05) is 212 Å². The van der Waals surface area contributed by atoms with Crippen LogP contribution in [0.2, 0.25) is 0 Å². The third-order valence-electron chi connectivity index (χ3n) is 15.9. The predicted octanol–water partition coefficient (Wildman–Crippen LogP) is 18.1. The minimum atomic E-state index is 0.403. The number of fused-ring (bicyclic) bond motifs is 5. The van der Waals surface area contributed by atoms with Crippen molar-refractivity contribution in [3.63, 3.8) is 0 Å². The summed E-state index contributed by atoms with van der Waals surface area (Å²) < 4.78 is 0. The molecule has 0 fully saturated rings. The van der Waals surface area contributed by atoms with Gasteiger partial charge in [0, 0.05) is 50.5 Å². The van der Waals surface area contributed by atoms with Gasteiger partial charge >= 0.3 is 0 Å². The number of benzene rings is 11. The molecule has 0 N–H and O–H groups in total. The van der Waals surface area contributed by atoms with Crippen LogP contribution in [0.1, 0.15) is 0 Å². The molecular formula is C76H46N10. The molecule has 10 nitrogen and oxygen atoms in total. The molecule has 0 amide bonds. The molecule has 0 spiro atoms. The van der Waals surface area contributed by atoms with Crippen molar-refractivity contribution >= 4 is 54.0 Å². The number of nitrogens with zero attached hydrogens (tertiary/aromatic N) is 10. The van der Waals surface area contributed by atoms with Crippen LogP contribution in [0.5, 0.6) is 0 Å². The van der Waals surface area contributed by atoms with Crippen LogP contribution in [0.4, 0.5) is 0 Å². The van der Waals surface area contributed by atoms with Gasteiger partial charge in [-0.05, 0) is 108 Å². The van der Waals surface area contributed by atoms with Crippen LogP contribution in [-0.2, 0) is 0 Å². The van der Waals surface area contributed by atoms with Gasteiger partial charge in [0.25, 0.3) is 0 Å². The molecule has 0 saturated heterocycles. The summed E-state index contributed by atoms with van der Waals surface area (Å²) in [5.41, 5.74) is 13.2. The molecule has 0 aliphatic carbocycles. The molecule has 0 unspecified atom stereocenters.